The quantitative estimate of drug-likeness (QED) is 0.656. The van der Waals surface area contributed by atoms with Gasteiger partial charge in [0, 0.05) is 12.0 Å². The predicted molar refractivity (Wildman–Crippen MR) is 107 cm³/mol. The minimum absolute atomic E-state index is 0. The fourth-order valence-electron chi connectivity index (χ4n) is 3.07. The van der Waals surface area contributed by atoms with Crippen LogP contribution in [-0.2, 0) is 17.1 Å². The Kier molecular flexibility index (Phi) is 10.0. The Hall–Kier alpha value is -0.0836. The Morgan fingerprint density at radius 2 is 1.28 bits per heavy atom. The summed E-state index contributed by atoms with van der Waals surface area (Å²) in [5.74, 6) is 1.48. The first-order valence-electron chi connectivity index (χ1n) is 8.55. The molecular formula is C22H29FeNSi+2. The third kappa shape index (κ3) is 6.86. The fraction of sp³-hybridized carbons (Fsp3) is 0.273. The second-order valence-electron chi connectivity index (χ2n) is 7.38. The molecule has 0 amide bonds. The van der Waals surface area contributed by atoms with Gasteiger partial charge in [-0.1, -0.05) is 50.0 Å². The van der Waals surface area contributed by atoms with Crippen LogP contribution in [0, 0.1) is 62.8 Å². The van der Waals surface area contributed by atoms with Gasteiger partial charge in [0.25, 0.3) is 0 Å². The molecule has 0 bridgehead atoms. The van der Waals surface area contributed by atoms with E-state index in [0.717, 1.165) is 0 Å². The maximum atomic E-state index is 2.42. The van der Waals surface area contributed by atoms with E-state index in [0.29, 0.717) is 6.04 Å². The van der Waals surface area contributed by atoms with Crippen LogP contribution in [0.4, 0.5) is 0 Å². The van der Waals surface area contributed by atoms with E-state index >= 15 is 0 Å². The van der Waals surface area contributed by atoms with Gasteiger partial charge >= 0.3 is 17.1 Å². The van der Waals surface area contributed by atoms with Crippen LogP contribution in [0.2, 0.25) is 19.6 Å². The molecule has 0 saturated heterocycles. The Labute approximate surface area is 168 Å². The SMILES string of the molecule is CN(C)[C@@H]([C]1[CH][CH][CH][C]1[Si](C)(C)C)c1ccccc1.[CH]1[CH][CH][CH][CH]1.[Fe+2]. The normalized spacial score (nSPS) is 20.1. The van der Waals surface area contributed by atoms with Gasteiger partial charge in [0.2, 0.25) is 0 Å². The first kappa shape index (κ1) is 23.0. The number of benzene rings is 1. The van der Waals surface area contributed by atoms with Crippen LogP contribution in [0.1, 0.15) is 11.6 Å². The molecule has 0 spiro atoms. The number of nitrogens with zero attached hydrogens (tertiary/aromatic N) is 1. The molecule has 0 N–H and O–H groups in total. The van der Waals surface area contributed by atoms with E-state index in [4.69, 9.17) is 0 Å². The van der Waals surface area contributed by atoms with E-state index < -0.39 is 8.07 Å². The summed E-state index contributed by atoms with van der Waals surface area (Å²) in [6.45, 7) is 7.26. The molecular weight excluding hydrogens is 362 g/mol. The zero-order valence-electron chi connectivity index (χ0n) is 15.9. The Balaban J connectivity index is 0.000000448. The molecule has 132 valence electrons. The Morgan fingerprint density at radius 1 is 0.760 bits per heavy atom. The van der Waals surface area contributed by atoms with Crippen molar-refractivity contribution in [1.82, 2.24) is 4.90 Å². The van der Waals surface area contributed by atoms with Crippen LogP contribution in [0.25, 0.3) is 0 Å². The molecule has 0 heterocycles. The van der Waals surface area contributed by atoms with Crippen LogP contribution >= 0.6 is 0 Å². The first-order chi connectivity index (χ1) is 11.4. The van der Waals surface area contributed by atoms with Gasteiger partial charge in [-0.2, -0.15) is 0 Å². The largest absolute Gasteiger partial charge is 2.00 e. The molecule has 1 aromatic rings. The van der Waals surface area contributed by atoms with Gasteiger partial charge in [-0.05, 0) is 76.6 Å². The molecule has 25 heavy (non-hydrogen) atoms. The van der Waals surface area contributed by atoms with Gasteiger partial charge in [-0.25, -0.2) is 0 Å². The van der Waals surface area contributed by atoms with Crippen LogP contribution < -0.4 is 0 Å². The number of hydrogen-bond acceptors (Lipinski definition) is 1. The van der Waals surface area contributed by atoms with Gasteiger partial charge in [-0.3, -0.25) is 0 Å². The predicted octanol–water partition coefficient (Wildman–Crippen LogP) is 4.96. The van der Waals surface area contributed by atoms with Crippen LogP contribution in [-0.4, -0.2) is 27.1 Å². The molecule has 1 atom stereocenters. The van der Waals surface area contributed by atoms with E-state index in [1.54, 1.807) is 5.54 Å². The van der Waals surface area contributed by atoms with E-state index in [9.17, 15) is 0 Å². The Morgan fingerprint density at radius 3 is 1.72 bits per heavy atom. The molecule has 10 radical (unpaired) electrons. The minimum Gasteiger partial charge on any atom is -0.302 e. The molecule has 2 aliphatic carbocycles. The fourth-order valence-corrected chi connectivity index (χ4v) is 4.75. The van der Waals surface area contributed by atoms with Crippen molar-refractivity contribution in [2.24, 2.45) is 0 Å². The van der Waals surface area contributed by atoms with Crippen molar-refractivity contribution in [2.45, 2.75) is 25.7 Å². The summed E-state index contributed by atoms with van der Waals surface area (Å²) in [7, 11) is 3.04. The summed E-state index contributed by atoms with van der Waals surface area (Å²) < 4.78 is 0. The van der Waals surface area contributed by atoms with Crippen molar-refractivity contribution in [3.05, 3.63) is 98.7 Å². The third-order valence-electron chi connectivity index (χ3n) is 4.14. The van der Waals surface area contributed by atoms with Crippen molar-refractivity contribution in [1.29, 1.82) is 0 Å². The van der Waals surface area contributed by atoms with Crippen molar-refractivity contribution in [3.8, 4) is 0 Å². The summed E-state index contributed by atoms with van der Waals surface area (Å²) in [4.78, 5) is 2.31. The van der Waals surface area contributed by atoms with Gasteiger partial charge in [0.1, 0.15) is 0 Å². The average molecular weight is 391 g/mol. The van der Waals surface area contributed by atoms with E-state index in [1.165, 1.54) is 11.5 Å². The minimum atomic E-state index is -1.29. The summed E-state index contributed by atoms with van der Waals surface area (Å²) in [5, 5.41) is 0. The van der Waals surface area contributed by atoms with E-state index in [2.05, 4.69) is 88.2 Å². The zero-order chi connectivity index (χ0) is 17.6. The molecule has 0 aromatic heterocycles. The topological polar surface area (TPSA) is 3.24 Å². The van der Waals surface area contributed by atoms with Gasteiger partial charge in [0.05, 0.1) is 8.07 Å². The molecule has 2 fully saturated rings. The second kappa shape index (κ2) is 10.9. The monoisotopic (exact) mass is 391 g/mol. The maximum Gasteiger partial charge on any atom is 2.00 e. The van der Waals surface area contributed by atoms with Crippen LogP contribution in [0.3, 0.4) is 0 Å². The summed E-state index contributed by atoms with van der Waals surface area (Å²) in [6, 6.07) is 11.2. The standard InChI is InChI=1S/C17H24NSi.C5H5.Fe/c1-18(2)17(14-10-7-6-8-11-14)15-12-9-13-16(15)19(3,4)5;1-2-4-5-3-1;/h6-13,17H,1-5H3;1-5H;/q;;+2/t17-;;/m1../s1. The molecule has 2 saturated carbocycles. The van der Waals surface area contributed by atoms with Crippen molar-refractivity contribution >= 4 is 8.07 Å². The average Bonchev–Trinajstić information content (AvgIpc) is 3.22. The van der Waals surface area contributed by atoms with Gasteiger partial charge < -0.3 is 4.90 Å². The van der Waals surface area contributed by atoms with E-state index in [1.807, 2.05) is 32.1 Å². The summed E-state index contributed by atoms with van der Waals surface area (Å²) in [5.41, 5.74) is 2.95. The smallest absolute Gasteiger partial charge is 0.302 e. The molecule has 3 rings (SSSR count). The van der Waals surface area contributed by atoms with Crippen molar-refractivity contribution in [3.63, 3.8) is 0 Å². The summed E-state index contributed by atoms with van der Waals surface area (Å²) >= 11 is 0. The van der Waals surface area contributed by atoms with Crippen molar-refractivity contribution < 1.29 is 17.1 Å². The molecule has 3 heteroatoms. The third-order valence-corrected chi connectivity index (χ3v) is 6.21. The molecule has 0 unspecified atom stereocenters. The zero-order valence-corrected chi connectivity index (χ0v) is 18.0. The van der Waals surface area contributed by atoms with E-state index in [-0.39, 0.29) is 17.1 Å². The van der Waals surface area contributed by atoms with Crippen molar-refractivity contribution in [2.75, 3.05) is 14.1 Å². The molecule has 1 aromatic carbocycles. The molecule has 0 aliphatic heterocycles. The van der Waals surface area contributed by atoms with Gasteiger partial charge in [-0.15, -0.1) is 0 Å². The van der Waals surface area contributed by atoms with Crippen LogP contribution in [0.5, 0.6) is 0 Å². The molecule has 2 aliphatic rings. The first-order valence-corrected chi connectivity index (χ1v) is 12.1. The molecule has 1 nitrogen and oxygen atoms in total. The Bertz CT molecular complexity index is 457. The van der Waals surface area contributed by atoms with Crippen LogP contribution in [0.15, 0.2) is 30.3 Å². The maximum absolute atomic E-state index is 2.42. The van der Waals surface area contributed by atoms with Gasteiger partial charge in [0.15, 0.2) is 0 Å². The summed E-state index contributed by atoms with van der Waals surface area (Å²) in [6.07, 6.45) is 16.8. The second-order valence-corrected chi connectivity index (χ2v) is 12.4. The number of hydrogen-bond donors (Lipinski definition) is 0. The number of rotatable bonds is 4.